The zero-order chi connectivity index (χ0) is 23.8. The summed E-state index contributed by atoms with van der Waals surface area (Å²) in [5.41, 5.74) is 2.38. The number of carbonyl (C=O) groups excluding carboxylic acids is 2. The van der Waals surface area contributed by atoms with Crippen molar-refractivity contribution in [2.75, 3.05) is 20.8 Å². The highest BCUT2D eigenvalue weighted by atomic mass is 16.5. The maximum atomic E-state index is 12.9. The fraction of sp³-hybridized carbons (Fsp3) is 0.333. The number of benzene rings is 2. The number of methoxy groups -OCH3 is 2. The van der Waals surface area contributed by atoms with Crippen molar-refractivity contribution in [2.45, 2.75) is 32.2 Å². The van der Waals surface area contributed by atoms with Gasteiger partial charge >= 0.3 is 5.97 Å². The van der Waals surface area contributed by atoms with Crippen LogP contribution in [0.5, 0.6) is 11.5 Å². The van der Waals surface area contributed by atoms with Crippen LogP contribution in [-0.2, 0) is 14.3 Å². The Kier molecular flexibility index (Phi) is 8.30. The first kappa shape index (κ1) is 24.1. The number of carbonyl (C=O) groups is 2. The highest BCUT2D eigenvalue weighted by molar-refractivity contribution is 5.97. The molecule has 0 saturated carbocycles. The number of ether oxygens (including phenoxy) is 3. The van der Waals surface area contributed by atoms with Crippen molar-refractivity contribution in [1.82, 2.24) is 5.32 Å². The van der Waals surface area contributed by atoms with Gasteiger partial charge in [-0.15, -0.1) is 0 Å². The first-order valence-electron chi connectivity index (χ1n) is 11.1. The Morgan fingerprint density at radius 1 is 1.06 bits per heavy atom. The number of allylic oxidation sites excluding steroid dienone is 1. The van der Waals surface area contributed by atoms with Crippen LogP contribution in [0.1, 0.15) is 37.3 Å². The molecule has 0 aromatic heterocycles. The summed E-state index contributed by atoms with van der Waals surface area (Å²) in [5, 5.41) is 3.06. The van der Waals surface area contributed by atoms with E-state index >= 15 is 0 Å². The van der Waals surface area contributed by atoms with Gasteiger partial charge < -0.3 is 19.5 Å². The van der Waals surface area contributed by atoms with Crippen LogP contribution < -0.4 is 14.8 Å². The fourth-order valence-corrected chi connectivity index (χ4v) is 4.06. The Morgan fingerprint density at radius 2 is 1.79 bits per heavy atom. The quantitative estimate of drug-likeness (QED) is 0.346. The second kappa shape index (κ2) is 11.4. The molecule has 1 aliphatic carbocycles. The molecule has 3 unspecified atom stereocenters. The second-order valence-electron chi connectivity index (χ2n) is 7.95. The van der Waals surface area contributed by atoms with Crippen molar-refractivity contribution in [2.24, 2.45) is 5.92 Å². The molecule has 0 fully saturated rings. The molecule has 1 amide bonds. The number of nitrogens with one attached hydrogen (secondary N) is 1. The van der Waals surface area contributed by atoms with Crippen LogP contribution in [0.3, 0.4) is 0 Å². The zero-order valence-electron chi connectivity index (χ0n) is 19.5. The number of hydrogen-bond acceptors (Lipinski definition) is 5. The highest BCUT2D eigenvalue weighted by Crippen LogP contribution is 2.38. The molecule has 0 radical (unpaired) electrons. The average Bonchev–Trinajstić information content (AvgIpc) is 3.27. The van der Waals surface area contributed by atoms with Gasteiger partial charge in [-0.2, -0.15) is 0 Å². The summed E-state index contributed by atoms with van der Waals surface area (Å²) in [4.78, 5) is 25.6. The Hall–Kier alpha value is -3.54. The van der Waals surface area contributed by atoms with E-state index in [0.717, 1.165) is 11.1 Å². The lowest BCUT2D eigenvalue weighted by Gasteiger charge is -2.23. The Labute approximate surface area is 195 Å². The first-order chi connectivity index (χ1) is 16.0. The summed E-state index contributed by atoms with van der Waals surface area (Å²) < 4.78 is 16.1. The predicted molar refractivity (Wildman–Crippen MR) is 128 cm³/mol. The van der Waals surface area contributed by atoms with Gasteiger partial charge in [0.25, 0.3) is 0 Å². The molecule has 0 bridgehead atoms. The molecular weight excluding hydrogens is 418 g/mol. The molecule has 2 aromatic rings. The zero-order valence-corrected chi connectivity index (χ0v) is 19.5. The highest BCUT2D eigenvalue weighted by Gasteiger charge is 2.35. The lowest BCUT2D eigenvalue weighted by molar-refractivity contribution is -0.146. The number of esters is 1. The van der Waals surface area contributed by atoms with Crippen molar-refractivity contribution in [3.05, 3.63) is 77.4 Å². The van der Waals surface area contributed by atoms with Crippen molar-refractivity contribution >= 4 is 18.0 Å². The number of hydrogen-bond donors (Lipinski definition) is 1. The molecule has 6 heteroatoms. The van der Waals surface area contributed by atoms with Gasteiger partial charge in [-0.1, -0.05) is 48.6 Å². The summed E-state index contributed by atoms with van der Waals surface area (Å²) in [6.45, 7) is 3.88. The summed E-state index contributed by atoms with van der Waals surface area (Å²) in [7, 11) is 3.13. The van der Waals surface area contributed by atoms with E-state index in [1.165, 1.54) is 0 Å². The van der Waals surface area contributed by atoms with Crippen molar-refractivity contribution in [3.8, 4) is 11.5 Å². The molecule has 3 atom stereocenters. The third kappa shape index (κ3) is 6.04. The molecule has 6 nitrogen and oxygen atoms in total. The van der Waals surface area contributed by atoms with E-state index in [0.29, 0.717) is 30.1 Å². The second-order valence-corrected chi connectivity index (χ2v) is 7.95. The number of amides is 1. The number of rotatable bonds is 9. The Bertz CT molecular complexity index is 1030. The molecule has 0 aliphatic heterocycles. The third-order valence-corrected chi connectivity index (χ3v) is 5.71. The maximum absolute atomic E-state index is 12.9. The molecule has 0 heterocycles. The SMILES string of the molecule is CCOC(=O)C(c1ccc(OC)c(OC)c1)C1C=CC(NC(=O)/C(C)=C/c2ccccc2)C1. The van der Waals surface area contributed by atoms with Crippen molar-refractivity contribution in [1.29, 1.82) is 0 Å². The van der Waals surface area contributed by atoms with E-state index in [1.54, 1.807) is 34.1 Å². The molecule has 1 aliphatic rings. The molecule has 0 saturated heterocycles. The topological polar surface area (TPSA) is 73.9 Å². The molecule has 33 heavy (non-hydrogen) atoms. The minimum absolute atomic E-state index is 0.120. The van der Waals surface area contributed by atoms with E-state index in [-0.39, 0.29) is 23.8 Å². The van der Waals surface area contributed by atoms with Crippen LogP contribution in [-0.4, -0.2) is 38.7 Å². The van der Waals surface area contributed by atoms with E-state index in [4.69, 9.17) is 14.2 Å². The molecular formula is C27H31NO5. The van der Waals surface area contributed by atoms with Gasteiger partial charge in [-0.05, 0) is 55.5 Å². The van der Waals surface area contributed by atoms with Gasteiger partial charge in [0, 0.05) is 11.6 Å². The third-order valence-electron chi connectivity index (χ3n) is 5.71. The van der Waals surface area contributed by atoms with E-state index in [2.05, 4.69) is 5.32 Å². The normalized spacial score (nSPS) is 18.5. The molecule has 1 N–H and O–H groups in total. The molecule has 3 rings (SSSR count). The van der Waals surface area contributed by atoms with Crippen LogP contribution in [0.15, 0.2) is 66.3 Å². The van der Waals surface area contributed by atoms with E-state index in [1.807, 2.05) is 60.7 Å². The summed E-state index contributed by atoms with van der Waals surface area (Å²) in [6.07, 6.45) is 6.39. The van der Waals surface area contributed by atoms with Crippen LogP contribution in [0.4, 0.5) is 0 Å². The molecule has 0 spiro atoms. The van der Waals surface area contributed by atoms with Gasteiger partial charge in [0.05, 0.1) is 26.7 Å². The standard InChI is InChI=1S/C27H31NO5/c1-5-33-27(30)25(21-12-14-23(31-3)24(17-21)32-4)20-11-13-22(16-20)28-26(29)18(2)15-19-9-7-6-8-10-19/h6-15,17,20,22,25H,5,16H2,1-4H3,(H,28,29)/b18-15+. The van der Waals surface area contributed by atoms with Gasteiger partial charge in [0.1, 0.15) is 0 Å². The van der Waals surface area contributed by atoms with Gasteiger partial charge in [-0.3, -0.25) is 9.59 Å². The Balaban J connectivity index is 1.74. The van der Waals surface area contributed by atoms with Crippen LogP contribution in [0.2, 0.25) is 0 Å². The molecule has 2 aromatic carbocycles. The minimum Gasteiger partial charge on any atom is -0.493 e. The minimum atomic E-state index is -0.510. The summed E-state index contributed by atoms with van der Waals surface area (Å²) >= 11 is 0. The van der Waals surface area contributed by atoms with Gasteiger partial charge in [0.2, 0.25) is 5.91 Å². The monoisotopic (exact) mass is 449 g/mol. The Morgan fingerprint density at radius 3 is 2.45 bits per heavy atom. The first-order valence-corrected chi connectivity index (χ1v) is 11.1. The smallest absolute Gasteiger partial charge is 0.314 e. The lowest BCUT2D eigenvalue weighted by Crippen LogP contribution is -2.34. The fourth-order valence-electron chi connectivity index (χ4n) is 4.06. The van der Waals surface area contributed by atoms with Crippen LogP contribution in [0.25, 0.3) is 6.08 Å². The lowest BCUT2D eigenvalue weighted by atomic mass is 9.85. The maximum Gasteiger partial charge on any atom is 0.314 e. The predicted octanol–water partition coefficient (Wildman–Crippen LogP) is 4.51. The summed E-state index contributed by atoms with van der Waals surface area (Å²) in [5.74, 6) is 0.0867. The van der Waals surface area contributed by atoms with Crippen LogP contribution in [0, 0.1) is 5.92 Å². The van der Waals surface area contributed by atoms with Crippen LogP contribution >= 0.6 is 0 Å². The van der Waals surface area contributed by atoms with Gasteiger partial charge in [-0.25, -0.2) is 0 Å². The van der Waals surface area contributed by atoms with Crippen molar-refractivity contribution < 1.29 is 23.8 Å². The molecule has 174 valence electrons. The van der Waals surface area contributed by atoms with Gasteiger partial charge in [0.15, 0.2) is 11.5 Å². The van der Waals surface area contributed by atoms with E-state index in [9.17, 15) is 9.59 Å². The summed E-state index contributed by atoms with van der Waals surface area (Å²) in [6, 6.07) is 15.0. The average molecular weight is 450 g/mol. The van der Waals surface area contributed by atoms with E-state index < -0.39 is 5.92 Å². The largest absolute Gasteiger partial charge is 0.493 e. The van der Waals surface area contributed by atoms with Crippen molar-refractivity contribution in [3.63, 3.8) is 0 Å².